The molecule has 2 aromatic carbocycles. The maximum atomic E-state index is 11.6. The molecular weight excluding hydrogens is 310 g/mol. The standard InChI is InChI=1S/C18H13NO5/c20-16(18(23)24)14-9-19-15-8-11(4-5-13(14)15)6-10-2-1-3-12(7-10)17(21)22/h1-5,7-9,19H,6H2,(H,21,22)(H,23,24). The Kier molecular flexibility index (Phi) is 3.87. The zero-order chi connectivity index (χ0) is 17.3. The summed E-state index contributed by atoms with van der Waals surface area (Å²) in [7, 11) is 0. The van der Waals surface area contributed by atoms with E-state index < -0.39 is 17.7 Å². The molecule has 0 saturated carbocycles. The van der Waals surface area contributed by atoms with Crippen molar-refractivity contribution in [1.82, 2.24) is 4.98 Å². The van der Waals surface area contributed by atoms with Gasteiger partial charge in [0.15, 0.2) is 0 Å². The average molecular weight is 323 g/mol. The summed E-state index contributed by atoms with van der Waals surface area (Å²) >= 11 is 0. The molecule has 0 aliphatic heterocycles. The molecule has 0 radical (unpaired) electrons. The van der Waals surface area contributed by atoms with Crippen molar-refractivity contribution in [1.29, 1.82) is 0 Å². The SMILES string of the molecule is O=C(O)C(=O)c1c[nH]c2cc(Cc3cccc(C(=O)O)c3)ccc12. The van der Waals surface area contributed by atoms with Crippen LogP contribution in [0.15, 0.2) is 48.7 Å². The van der Waals surface area contributed by atoms with Gasteiger partial charge in [0.05, 0.1) is 11.1 Å². The summed E-state index contributed by atoms with van der Waals surface area (Å²) in [5.74, 6) is -3.43. The van der Waals surface area contributed by atoms with Crippen LogP contribution in [0.1, 0.15) is 31.8 Å². The van der Waals surface area contributed by atoms with E-state index >= 15 is 0 Å². The van der Waals surface area contributed by atoms with Gasteiger partial charge in [-0.3, -0.25) is 4.79 Å². The molecule has 6 nitrogen and oxygen atoms in total. The van der Waals surface area contributed by atoms with Gasteiger partial charge in [0.2, 0.25) is 0 Å². The van der Waals surface area contributed by atoms with Crippen molar-refractivity contribution in [2.45, 2.75) is 6.42 Å². The number of carbonyl (C=O) groups excluding carboxylic acids is 1. The molecule has 3 N–H and O–H groups in total. The number of aromatic nitrogens is 1. The lowest BCUT2D eigenvalue weighted by atomic mass is 10.0. The van der Waals surface area contributed by atoms with Crippen molar-refractivity contribution in [3.8, 4) is 0 Å². The van der Waals surface area contributed by atoms with Crippen molar-refractivity contribution in [3.63, 3.8) is 0 Å². The van der Waals surface area contributed by atoms with E-state index in [1.165, 1.54) is 12.3 Å². The highest BCUT2D eigenvalue weighted by atomic mass is 16.4. The van der Waals surface area contributed by atoms with Crippen molar-refractivity contribution in [2.24, 2.45) is 0 Å². The summed E-state index contributed by atoms with van der Waals surface area (Å²) in [5, 5.41) is 18.4. The molecule has 0 saturated heterocycles. The number of fused-ring (bicyclic) bond motifs is 1. The van der Waals surface area contributed by atoms with Gasteiger partial charge in [0.1, 0.15) is 0 Å². The van der Waals surface area contributed by atoms with Crippen LogP contribution in [0.4, 0.5) is 0 Å². The summed E-state index contributed by atoms with van der Waals surface area (Å²) in [6, 6.07) is 12.0. The lowest BCUT2D eigenvalue weighted by molar-refractivity contribution is -0.131. The van der Waals surface area contributed by atoms with E-state index in [1.807, 2.05) is 12.1 Å². The molecule has 0 aliphatic rings. The number of Topliss-reactive ketones (excluding diaryl/α,β-unsaturated/α-hetero) is 1. The number of benzene rings is 2. The van der Waals surface area contributed by atoms with Crippen LogP contribution < -0.4 is 0 Å². The van der Waals surface area contributed by atoms with Crippen LogP contribution in [-0.4, -0.2) is 32.9 Å². The molecule has 3 rings (SSSR count). The van der Waals surface area contributed by atoms with Gasteiger partial charge in [-0.25, -0.2) is 9.59 Å². The quantitative estimate of drug-likeness (QED) is 0.494. The molecule has 120 valence electrons. The molecule has 24 heavy (non-hydrogen) atoms. The minimum absolute atomic E-state index is 0.122. The maximum Gasteiger partial charge on any atom is 0.377 e. The van der Waals surface area contributed by atoms with Crippen LogP contribution in [0.3, 0.4) is 0 Å². The number of H-pyrrole nitrogens is 1. The fraction of sp³-hybridized carbons (Fsp3) is 0.0556. The number of aromatic carboxylic acids is 1. The number of nitrogens with one attached hydrogen (secondary N) is 1. The highest BCUT2D eigenvalue weighted by Gasteiger charge is 2.18. The molecule has 0 unspecified atom stereocenters. The van der Waals surface area contributed by atoms with E-state index in [1.54, 1.807) is 24.3 Å². The van der Waals surface area contributed by atoms with Gasteiger partial charge in [-0.1, -0.05) is 24.3 Å². The minimum Gasteiger partial charge on any atom is -0.478 e. The van der Waals surface area contributed by atoms with Crippen LogP contribution in [0, 0.1) is 0 Å². The Hall–Kier alpha value is -3.41. The zero-order valence-corrected chi connectivity index (χ0v) is 12.4. The Morgan fingerprint density at radius 1 is 0.958 bits per heavy atom. The van der Waals surface area contributed by atoms with Crippen molar-refractivity contribution in [3.05, 3.63) is 70.9 Å². The number of carboxylic acids is 2. The fourth-order valence-corrected chi connectivity index (χ4v) is 2.64. The van der Waals surface area contributed by atoms with Crippen LogP contribution in [-0.2, 0) is 11.2 Å². The summed E-state index contributed by atoms with van der Waals surface area (Å²) in [6.07, 6.45) is 1.91. The average Bonchev–Trinajstić information content (AvgIpc) is 2.97. The molecule has 0 amide bonds. The van der Waals surface area contributed by atoms with Gasteiger partial charge in [-0.05, 0) is 35.7 Å². The number of carbonyl (C=O) groups is 3. The molecule has 0 fully saturated rings. The third-order valence-corrected chi connectivity index (χ3v) is 3.77. The Morgan fingerprint density at radius 2 is 1.71 bits per heavy atom. The van der Waals surface area contributed by atoms with Crippen LogP contribution in [0.5, 0.6) is 0 Å². The summed E-state index contributed by atoms with van der Waals surface area (Å²) in [4.78, 5) is 36.4. The highest BCUT2D eigenvalue weighted by molar-refractivity contribution is 6.42. The maximum absolute atomic E-state index is 11.6. The van der Waals surface area contributed by atoms with Gasteiger partial charge in [0, 0.05) is 17.1 Å². The molecular formula is C18H13NO5. The van der Waals surface area contributed by atoms with Crippen molar-refractivity contribution < 1.29 is 24.6 Å². The lowest BCUT2D eigenvalue weighted by Gasteiger charge is -2.04. The molecule has 0 spiro atoms. The topological polar surface area (TPSA) is 107 Å². The first-order valence-corrected chi connectivity index (χ1v) is 7.15. The number of hydrogen-bond donors (Lipinski definition) is 3. The van der Waals surface area contributed by atoms with Crippen molar-refractivity contribution >= 4 is 28.6 Å². The van der Waals surface area contributed by atoms with Gasteiger partial charge in [-0.15, -0.1) is 0 Å². The number of carboxylic acid groups (broad SMARTS) is 2. The minimum atomic E-state index is -1.49. The van der Waals surface area contributed by atoms with Crippen LogP contribution >= 0.6 is 0 Å². The first-order valence-electron chi connectivity index (χ1n) is 7.15. The van der Waals surface area contributed by atoms with Gasteiger partial charge < -0.3 is 15.2 Å². The third kappa shape index (κ3) is 2.89. The summed E-state index contributed by atoms with van der Waals surface area (Å²) in [5.41, 5.74) is 2.77. The highest BCUT2D eigenvalue weighted by Crippen LogP contribution is 2.22. The molecule has 3 aromatic rings. The van der Waals surface area contributed by atoms with E-state index in [2.05, 4.69) is 4.98 Å². The second-order valence-electron chi connectivity index (χ2n) is 5.40. The zero-order valence-electron chi connectivity index (χ0n) is 12.4. The normalized spacial score (nSPS) is 10.7. The Bertz CT molecular complexity index is 970. The smallest absolute Gasteiger partial charge is 0.377 e. The Morgan fingerprint density at radius 3 is 2.42 bits per heavy atom. The molecule has 1 heterocycles. The molecule has 1 aromatic heterocycles. The number of aromatic amines is 1. The van der Waals surface area contributed by atoms with E-state index in [9.17, 15) is 14.4 Å². The summed E-state index contributed by atoms with van der Waals surface area (Å²) in [6.45, 7) is 0. The van der Waals surface area contributed by atoms with E-state index in [0.717, 1.165) is 11.1 Å². The van der Waals surface area contributed by atoms with E-state index in [4.69, 9.17) is 10.2 Å². The van der Waals surface area contributed by atoms with Crippen LogP contribution in [0.2, 0.25) is 0 Å². The van der Waals surface area contributed by atoms with Gasteiger partial charge in [-0.2, -0.15) is 0 Å². The molecule has 0 atom stereocenters. The number of rotatable bonds is 5. The monoisotopic (exact) mass is 323 g/mol. The molecule has 0 bridgehead atoms. The third-order valence-electron chi connectivity index (χ3n) is 3.77. The van der Waals surface area contributed by atoms with Gasteiger partial charge >= 0.3 is 11.9 Å². The number of ketones is 1. The summed E-state index contributed by atoms with van der Waals surface area (Å²) < 4.78 is 0. The molecule has 6 heteroatoms. The Labute approximate surface area is 136 Å². The second kappa shape index (κ2) is 6.00. The predicted octanol–water partition coefficient (Wildman–Crippen LogP) is 2.72. The van der Waals surface area contributed by atoms with Crippen LogP contribution in [0.25, 0.3) is 10.9 Å². The number of aliphatic carboxylic acids is 1. The number of hydrogen-bond acceptors (Lipinski definition) is 3. The molecule has 0 aliphatic carbocycles. The Balaban J connectivity index is 1.92. The predicted molar refractivity (Wildman–Crippen MR) is 86.5 cm³/mol. The van der Waals surface area contributed by atoms with E-state index in [0.29, 0.717) is 17.3 Å². The second-order valence-corrected chi connectivity index (χ2v) is 5.40. The first kappa shape index (κ1) is 15.5. The van der Waals surface area contributed by atoms with Gasteiger partial charge in [0.25, 0.3) is 5.78 Å². The first-order chi connectivity index (χ1) is 11.5. The largest absolute Gasteiger partial charge is 0.478 e. The van der Waals surface area contributed by atoms with E-state index in [-0.39, 0.29) is 11.1 Å². The lowest BCUT2D eigenvalue weighted by Crippen LogP contribution is -2.11. The van der Waals surface area contributed by atoms with Crippen molar-refractivity contribution in [2.75, 3.05) is 0 Å². The fourth-order valence-electron chi connectivity index (χ4n) is 2.64.